The van der Waals surface area contributed by atoms with E-state index in [4.69, 9.17) is 0 Å². The van der Waals surface area contributed by atoms with E-state index in [9.17, 15) is 0 Å². The summed E-state index contributed by atoms with van der Waals surface area (Å²) in [7, 11) is 4.03. The summed E-state index contributed by atoms with van der Waals surface area (Å²) in [6.45, 7) is 11.9. The predicted molar refractivity (Wildman–Crippen MR) is 92.9 cm³/mol. The monoisotopic (exact) mass is 296 g/mol. The lowest BCUT2D eigenvalue weighted by Gasteiger charge is -2.31. The number of aliphatic imine (C=N–C) groups is 1. The van der Waals surface area contributed by atoms with Crippen molar-refractivity contribution in [2.45, 2.75) is 58.9 Å². The standard InChI is InChI=1S/C17H36N4/c1-14-7-9-15(10-8-14)13-21(6)16(18-5)19-11-12-20-17(2,3)4/h14-15,20H,7-13H2,1-6H3,(H,18,19). The molecule has 0 aromatic heterocycles. The Morgan fingerprint density at radius 2 is 1.76 bits per heavy atom. The highest BCUT2D eigenvalue weighted by Crippen LogP contribution is 2.28. The summed E-state index contributed by atoms with van der Waals surface area (Å²) >= 11 is 0. The van der Waals surface area contributed by atoms with Crippen LogP contribution in [-0.4, -0.2) is 50.1 Å². The van der Waals surface area contributed by atoms with Gasteiger partial charge in [0.1, 0.15) is 0 Å². The van der Waals surface area contributed by atoms with Crippen molar-refractivity contribution in [3.8, 4) is 0 Å². The van der Waals surface area contributed by atoms with Gasteiger partial charge in [0, 0.05) is 39.3 Å². The third-order valence-electron chi connectivity index (χ3n) is 4.30. The Kier molecular flexibility index (Phi) is 7.50. The van der Waals surface area contributed by atoms with Crippen LogP contribution in [0.4, 0.5) is 0 Å². The lowest BCUT2D eigenvalue weighted by Crippen LogP contribution is -2.46. The van der Waals surface area contributed by atoms with Gasteiger partial charge in [0.25, 0.3) is 0 Å². The zero-order valence-corrected chi connectivity index (χ0v) is 15.0. The lowest BCUT2D eigenvalue weighted by atomic mass is 9.83. The van der Waals surface area contributed by atoms with E-state index in [-0.39, 0.29) is 5.54 Å². The summed E-state index contributed by atoms with van der Waals surface area (Å²) in [5.41, 5.74) is 0.176. The summed E-state index contributed by atoms with van der Waals surface area (Å²) in [5.74, 6) is 2.77. The molecule has 0 atom stereocenters. The van der Waals surface area contributed by atoms with Gasteiger partial charge in [-0.05, 0) is 45.4 Å². The second kappa shape index (κ2) is 8.62. The van der Waals surface area contributed by atoms with Crippen LogP contribution in [0.1, 0.15) is 53.4 Å². The normalized spacial score (nSPS) is 24.0. The second-order valence-corrected chi connectivity index (χ2v) is 7.66. The number of hydrogen-bond donors (Lipinski definition) is 2. The van der Waals surface area contributed by atoms with Gasteiger partial charge in [-0.2, -0.15) is 0 Å². The highest BCUT2D eigenvalue weighted by Gasteiger charge is 2.20. The Hall–Kier alpha value is -0.770. The zero-order valence-electron chi connectivity index (χ0n) is 15.0. The molecule has 0 radical (unpaired) electrons. The first-order valence-corrected chi connectivity index (χ1v) is 8.48. The van der Waals surface area contributed by atoms with Gasteiger partial charge in [-0.1, -0.05) is 19.8 Å². The van der Waals surface area contributed by atoms with Crippen molar-refractivity contribution in [2.24, 2.45) is 16.8 Å². The number of nitrogens with one attached hydrogen (secondary N) is 2. The molecule has 4 heteroatoms. The van der Waals surface area contributed by atoms with E-state index in [0.29, 0.717) is 0 Å². The molecule has 4 nitrogen and oxygen atoms in total. The molecule has 1 aliphatic carbocycles. The fourth-order valence-corrected chi connectivity index (χ4v) is 2.98. The quantitative estimate of drug-likeness (QED) is 0.465. The van der Waals surface area contributed by atoms with Gasteiger partial charge in [0.05, 0.1) is 0 Å². The van der Waals surface area contributed by atoms with Crippen LogP contribution in [0.5, 0.6) is 0 Å². The highest BCUT2D eigenvalue weighted by molar-refractivity contribution is 5.79. The van der Waals surface area contributed by atoms with E-state index in [1.54, 1.807) is 0 Å². The number of rotatable bonds is 5. The van der Waals surface area contributed by atoms with E-state index >= 15 is 0 Å². The lowest BCUT2D eigenvalue weighted by molar-refractivity contribution is 0.250. The van der Waals surface area contributed by atoms with Gasteiger partial charge in [-0.25, -0.2) is 0 Å². The van der Waals surface area contributed by atoms with Gasteiger partial charge in [0.15, 0.2) is 5.96 Å². The van der Waals surface area contributed by atoms with E-state index in [0.717, 1.165) is 37.4 Å². The van der Waals surface area contributed by atoms with Gasteiger partial charge in [-0.3, -0.25) is 4.99 Å². The average molecular weight is 297 g/mol. The van der Waals surface area contributed by atoms with Crippen LogP contribution in [0, 0.1) is 11.8 Å². The Morgan fingerprint density at radius 3 is 2.29 bits per heavy atom. The Balaban J connectivity index is 2.28. The molecular formula is C17H36N4. The number of guanidine groups is 1. The topological polar surface area (TPSA) is 39.7 Å². The average Bonchev–Trinajstić information content (AvgIpc) is 2.40. The van der Waals surface area contributed by atoms with Gasteiger partial charge < -0.3 is 15.5 Å². The van der Waals surface area contributed by atoms with Crippen molar-refractivity contribution < 1.29 is 0 Å². The van der Waals surface area contributed by atoms with Crippen LogP contribution < -0.4 is 10.6 Å². The summed E-state index contributed by atoms with van der Waals surface area (Å²) in [4.78, 5) is 6.70. The molecule has 0 spiro atoms. The molecule has 1 fully saturated rings. The van der Waals surface area contributed by atoms with Gasteiger partial charge in [0.2, 0.25) is 0 Å². The number of nitrogens with zero attached hydrogens (tertiary/aromatic N) is 2. The van der Waals surface area contributed by atoms with Crippen molar-refractivity contribution in [3.05, 3.63) is 0 Å². The van der Waals surface area contributed by atoms with E-state index < -0.39 is 0 Å². The smallest absolute Gasteiger partial charge is 0.193 e. The first kappa shape index (κ1) is 18.3. The maximum absolute atomic E-state index is 4.41. The molecule has 21 heavy (non-hydrogen) atoms. The van der Waals surface area contributed by atoms with Crippen molar-refractivity contribution >= 4 is 5.96 Å². The van der Waals surface area contributed by atoms with E-state index in [1.807, 2.05) is 7.05 Å². The fraction of sp³-hybridized carbons (Fsp3) is 0.941. The van der Waals surface area contributed by atoms with Crippen molar-refractivity contribution in [3.63, 3.8) is 0 Å². The molecule has 0 aliphatic heterocycles. The third kappa shape index (κ3) is 7.70. The molecule has 2 N–H and O–H groups in total. The molecule has 1 aliphatic rings. The summed E-state index contributed by atoms with van der Waals surface area (Å²) in [5, 5.41) is 6.94. The van der Waals surface area contributed by atoms with Crippen LogP contribution in [0.25, 0.3) is 0 Å². The van der Waals surface area contributed by atoms with Crippen LogP contribution >= 0.6 is 0 Å². The van der Waals surface area contributed by atoms with Gasteiger partial charge >= 0.3 is 0 Å². The van der Waals surface area contributed by atoms with Crippen LogP contribution in [0.15, 0.2) is 4.99 Å². The molecule has 0 aromatic carbocycles. The molecule has 0 aromatic rings. The highest BCUT2D eigenvalue weighted by atomic mass is 15.3. The molecule has 0 unspecified atom stereocenters. The number of hydrogen-bond acceptors (Lipinski definition) is 2. The SMILES string of the molecule is CN=C(NCCNC(C)(C)C)N(C)CC1CCC(C)CC1. The minimum atomic E-state index is 0.176. The molecule has 0 amide bonds. The molecule has 124 valence electrons. The van der Waals surface area contributed by atoms with Crippen molar-refractivity contribution in [1.82, 2.24) is 15.5 Å². The summed E-state index contributed by atoms with van der Waals surface area (Å²) in [6, 6.07) is 0. The molecule has 0 bridgehead atoms. The first-order chi connectivity index (χ1) is 9.81. The Bertz CT molecular complexity index is 311. The first-order valence-electron chi connectivity index (χ1n) is 8.48. The van der Waals surface area contributed by atoms with Gasteiger partial charge in [-0.15, -0.1) is 0 Å². The molecular weight excluding hydrogens is 260 g/mol. The minimum Gasteiger partial charge on any atom is -0.355 e. The fourth-order valence-electron chi connectivity index (χ4n) is 2.98. The summed E-state index contributed by atoms with van der Waals surface area (Å²) < 4.78 is 0. The summed E-state index contributed by atoms with van der Waals surface area (Å²) in [6.07, 6.45) is 5.52. The van der Waals surface area contributed by atoms with E-state index in [2.05, 4.69) is 55.3 Å². The van der Waals surface area contributed by atoms with Crippen LogP contribution in [-0.2, 0) is 0 Å². The molecule has 1 rings (SSSR count). The minimum absolute atomic E-state index is 0.176. The largest absolute Gasteiger partial charge is 0.355 e. The second-order valence-electron chi connectivity index (χ2n) is 7.66. The van der Waals surface area contributed by atoms with Crippen molar-refractivity contribution in [2.75, 3.05) is 33.7 Å². The Labute approximate surface area is 131 Å². The maximum atomic E-state index is 4.41. The van der Waals surface area contributed by atoms with Crippen molar-refractivity contribution in [1.29, 1.82) is 0 Å². The van der Waals surface area contributed by atoms with E-state index in [1.165, 1.54) is 25.7 Å². The van der Waals surface area contributed by atoms with Crippen LogP contribution in [0.2, 0.25) is 0 Å². The molecule has 1 saturated carbocycles. The molecule has 0 heterocycles. The molecule has 0 saturated heterocycles. The predicted octanol–water partition coefficient (Wildman–Crippen LogP) is 2.71. The zero-order chi connectivity index (χ0) is 15.9. The Morgan fingerprint density at radius 1 is 1.14 bits per heavy atom. The van der Waals surface area contributed by atoms with Crippen LogP contribution in [0.3, 0.4) is 0 Å². The maximum Gasteiger partial charge on any atom is 0.193 e. The third-order valence-corrected chi connectivity index (χ3v) is 4.30.